The van der Waals surface area contributed by atoms with Crippen molar-refractivity contribution in [2.24, 2.45) is 5.73 Å². The molecule has 0 fully saturated rings. The van der Waals surface area contributed by atoms with Crippen molar-refractivity contribution in [3.05, 3.63) is 0 Å². The van der Waals surface area contributed by atoms with E-state index in [0.717, 1.165) is 14.2 Å². The van der Waals surface area contributed by atoms with Gasteiger partial charge < -0.3 is 10.6 Å². The summed E-state index contributed by atoms with van der Waals surface area (Å²) in [5.74, 6) is 0. The third-order valence-electron chi connectivity index (χ3n) is 2.71. The number of nitrogens with two attached hydrogens (primary N) is 1. The highest BCUT2D eigenvalue weighted by Gasteiger charge is 2.20. The fourth-order valence-corrected chi connectivity index (χ4v) is 2.09. The topological polar surface area (TPSA) is 81.8 Å². The molecule has 0 unspecified atom stereocenters. The highest BCUT2D eigenvalue weighted by Crippen LogP contribution is 2.40. The molecule has 18 heavy (non-hydrogen) atoms. The largest absolute Gasteiger partial charge is 0.471 e. The Kier molecular flexibility index (Phi) is 12.4. The Morgan fingerprint density at radius 2 is 1.28 bits per heavy atom. The van der Waals surface area contributed by atoms with Crippen LogP contribution in [0.5, 0.6) is 0 Å². The van der Waals surface area contributed by atoms with Gasteiger partial charge in [0.15, 0.2) is 0 Å². The molecular formula is C12H30NO4P. The Bertz CT molecular complexity index is 211. The van der Waals surface area contributed by atoms with Gasteiger partial charge >= 0.3 is 7.82 Å². The second kappa shape index (κ2) is 10.9. The minimum Gasteiger partial charge on any atom is -0.325 e. The van der Waals surface area contributed by atoms with Gasteiger partial charge in [-0.3, -0.25) is 9.05 Å². The van der Waals surface area contributed by atoms with Gasteiger partial charge in [0.2, 0.25) is 0 Å². The third-order valence-corrected chi connectivity index (χ3v) is 3.63. The third kappa shape index (κ3) is 11.2. The first-order valence-corrected chi connectivity index (χ1v) is 8.03. The molecule has 0 aliphatic carbocycles. The summed E-state index contributed by atoms with van der Waals surface area (Å²) in [5.41, 5.74) is 6.38. The number of rotatable bonds is 8. The van der Waals surface area contributed by atoms with Crippen LogP contribution in [0.2, 0.25) is 0 Å². The van der Waals surface area contributed by atoms with E-state index in [1.807, 2.05) is 0 Å². The van der Waals surface area contributed by atoms with Gasteiger partial charge in [-0.2, -0.15) is 0 Å². The summed E-state index contributed by atoms with van der Waals surface area (Å²) < 4.78 is 18.0. The molecule has 0 spiro atoms. The molecule has 112 valence electrons. The average molecular weight is 283 g/mol. The fraction of sp³-hybridized carbons (Fsp3) is 1.00. The summed E-state index contributed by atoms with van der Waals surface area (Å²) in [6, 6.07) is 0. The van der Waals surface area contributed by atoms with Gasteiger partial charge in [-0.1, -0.05) is 40.0 Å². The van der Waals surface area contributed by atoms with Crippen LogP contribution >= 0.6 is 7.82 Å². The van der Waals surface area contributed by atoms with Gasteiger partial charge in [0.1, 0.15) is 0 Å². The SMILES string of the molecule is CCCC(N)(CCC)CCC.COP(=O)(O)OC. The second-order valence-corrected chi connectivity index (χ2v) is 6.11. The van der Waals surface area contributed by atoms with Gasteiger partial charge in [-0.05, 0) is 19.3 Å². The highest BCUT2D eigenvalue weighted by molar-refractivity contribution is 7.47. The van der Waals surface area contributed by atoms with Crippen LogP contribution in [0.25, 0.3) is 0 Å². The molecule has 0 radical (unpaired) electrons. The van der Waals surface area contributed by atoms with Crippen molar-refractivity contribution in [2.45, 2.75) is 64.8 Å². The van der Waals surface area contributed by atoms with E-state index in [1.165, 1.54) is 38.5 Å². The van der Waals surface area contributed by atoms with Gasteiger partial charge in [0.05, 0.1) is 0 Å². The van der Waals surface area contributed by atoms with Crippen molar-refractivity contribution >= 4 is 7.82 Å². The minimum atomic E-state index is -3.65. The lowest BCUT2D eigenvalue weighted by atomic mass is 9.86. The van der Waals surface area contributed by atoms with Gasteiger partial charge in [0.25, 0.3) is 0 Å². The number of hydrogen-bond donors (Lipinski definition) is 2. The molecule has 5 nitrogen and oxygen atoms in total. The maximum Gasteiger partial charge on any atom is 0.471 e. The van der Waals surface area contributed by atoms with Crippen LogP contribution in [0.1, 0.15) is 59.3 Å². The summed E-state index contributed by atoms with van der Waals surface area (Å²) in [6.07, 6.45) is 7.22. The fourth-order valence-electron chi connectivity index (χ4n) is 1.94. The molecule has 6 heteroatoms. The predicted molar refractivity (Wildman–Crippen MR) is 75.5 cm³/mol. The van der Waals surface area contributed by atoms with Crippen LogP contribution in [0.4, 0.5) is 0 Å². The van der Waals surface area contributed by atoms with E-state index in [4.69, 9.17) is 10.6 Å². The summed E-state index contributed by atoms with van der Waals surface area (Å²) in [5, 5.41) is 0. The second-order valence-electron chi connectivity index (χ2n) is 4.45. The molecule has 0 atom stereocenters. The normalized spacial score (nSPS) is 11.9. The van der Waals surface area contributed by atoms with Gasteiger partial charge in [0, 0.05) is 19.8 Å². The van der Waals surface area contributed by atoms with Crippen LogP contribution in [0.15, 0.2) is 0 Å². The monoisotopic (exact) mass is 283 g/mol. The molecule has 0 aromatic carbocycles. The van der Waals surface area contributed by atoms with Crippen molar-refractivity contribution in [3.8, 4) is 0 Å². The van der Waals surface area contributed by atoms with Crippen molar-refractivity contribution in [2.75, 3.05) is 14.2 Å². The van der Waals surface area contributed by atoms with Gasteiger partial charge in [-0.15, -0.1) is 0 Å². The van der Waals surface area contributed by atoms with E-state index in [9.17, 15) is 4.57 Å². The van der Waals surface area contributed by atoms with Crippen molar-refractivity contribution in [3.63, 3.8) is 0 Å². The van der Waals surface area contributed by atoms with E-state index in [0.29, 0.717) is 0 Å². The Morgan fingerprint density at radius 3 is 1.39 bits per heavy atom. The van der Waals surface area contributed by atoms with Crippen molar-refractivity contribution < 1.29 is 18.5 Å². The van der Waals surface area contributed by atoms with E-state index >= 15 is 0 Å². The zero-order valence-corrected chi connectivity index (χ0v) is 13.3. The standard InChI is InChI=1S/C10H23N.C2H7O4P/c1-4-7-10(11,8-5-2)9-6-3;1-5-7(3,4)6-2/h4-9,11H2,1-3H3;1-2H3,(H,3,4). The summed E-state index contributed by atoms with van der Waals surface area (Å²) in [6.45, 7) is 6.65. The summed E-state index contributed by atoms with van der Waals surface area (Å²) in [4.78, 5) is 8.24. The lowest BCUT2D eigenvalue weighted by molar-refractivity contribution is 0.204. The lowest BCUT2D eigenvalue weighted by Crippen LogP contribution is -2.39. The van der Waals surface area contributed by atoms with Crippen molar-refractivity contribution in [1.82, 2.24) is 0 Å². The van der Waals surface area contributed by atoms with E-state index in [-0.39, 0.29) is 5.54 Å². The van der Waals surface area contributed by atoms with Crippen LogP contribution in [-0.4, -0.2) is 24.7 Å². The van der Waals surface area contributed by atoms with E-state index in [2.05, 4.69) is 29.8 Å². The molecule has 0 heterocycles. The lowest BCUT2D eigenvalue weighted by Gasteiger charge is -2.28. The molecule has 0 amide bonds. The number of hydrogen-bond acceptors (Lipinski definition) is 4. The molecule has 3 N–H and O–H groups in total. The molecule has 0 aromatic heterocycles. The van der Waals surface area contributed by atoms with E-state index in [1.54, 1.807) is 0 Å². The van der Waals surface area contributed by atoms with Crippen LogP contribution < -0.4 is 5.73 Å². The Morgan fingerprint density at radius 1 is 1.00 bits per heavy atom. The molecular weight excluding hydrogens is 253 g/mol. The number of phosphoric ester groups is 1. The zero-order valence-electron chi connectivity index (χ0n) is 12.4. The minimum absolute atomic E-state index is 0.151. The molecule has 0 aromatic rings. The van der Waals surface area contributed by atoms with Crippen molar-refractivity contribution in [1.29, 1.82) is 0 Å². The number of phosphoric acid groups is 1. The summed E-state index contributed by atoms with van der Waals surface area (Å²) in [7, 11) is -1.45. The summed E-state index contributed by atoms with van der Waals surface area (Å²) >= 11 is 0. The Balaban J connectivity index is 0. The Hall–Kier alpha value is 0.0700. The first-order chi connectivity index (χ1) is 8.30. The molecule has 0 saturated carbocycles. The first kappa shape index (κ1) is 20.4. The quantitative estimate of drug-likeness (QED) is 0.667. The first-order valence-electron chi connectivity index (χ1n) is 6.53. The zero-order chi connectivity index (χ0) is 14.7. The molecule has 0 aliphatic heterocycles. The highest BCUT2D eigenvalue weighted by atomic mass is 31.2. The molecule has 0 aliphatic rings. The molecule has 0 rings (SSSR count). The maximum atomic E-state index is 10.1. The smallest absolute Gasteiger partial charge is 0.325 e. The van der Waals surface area contributed by atoms with E-state index < -0.39 is 7.82 Å². The van der Waals surface area contributed by atoms with Gasteiger partial charge in [-0.25, -0.2) is 4.57 Å². The van der Waals surface area contributed by atoms with Crippen LogP contribution in [0.3, 0.4) is 0 Å². The Labute approximate surface area is 112 Å². The predicted octanol–water partition coefficient (Wildman–Crippen LogP) is 3.46. The van der Waals surface area contributed by atoms with Crippen LogP contribution in [0, 0.1) is 0 Å². The molecule has 0 saturated heterocycles. The molecule has 0 bridgehead atoms. The average Bonchev–Trinajstić information content (AvgIpc) is 2.31. The van der Waals surface area contributed by atoms with Crippen LogP contribution in [-0.2, 0) is 13.6 Å². The maximum absolute atomic E-state index is 10.1.